The van der Waals surface area contributed by atoms with Crippen molar-refractivity contribution in [3.05, 3.63) is 40.9 Å². The number of aryl methyl sites for hydroxylation is 3. The number of hydrogen-bond donors (Lipinski definition) is 0. The highest BCUT2D eigenvalue weighted by molar-refractivity contribution is 5.76. The standard InChI is InChI=1S/C13H14N2O3/c1-8-4-5-12(11(6-16)14-8)17-7-13-15-9(2)10(3)18-13/h4-6H,7H2,1-3H3. The molecule has 2 heterocycles. The Morgan fingerprint density at radius 3 is 2.67 bits per heavy atom. The molecule has 94 valence electrons. The summed E-state index contributed by atoms with van der Waals surface area (Å²) in [5.74, 6) is 1.69. The van der Waals surface area contributed by atoms with E-state index in [9.17, 15) is 4.79 Å². The molecule has 0 aliphatic heterocycles. The molecule has 0 unspecified atom stereocenters. The maximum absolute atomic E-state index is 10.9. The van der Waals surface area contributed by atoms with E-state index < -0.39 is 0 Å². The second-order valence-electron chi connectivity index (χ2n) is 3.99. The van der Waals surface area contributed by atoms with E-state index in [0.717, 1.165) is 17.1 Å². The number of aldehydes is 1. The monoisotopic (exact) mass is 246 g/mol. The van der Waals surface area contributed by atoms with Gasteiger partial charge < -0.3 is 9.15 Å². The fraction of sp³-hybridized carbons (Fsp3) is 0.308. The molecule has 2 aromatic rings. The second-order valence-corrected chi connectivity index (χ2v) is 3.99. The summed E-state index contributed by atoms with van der Waals surface area (Å²) in [6, 6.07) is 3.50. The minimum Gasteiger partial charge on any atom is -0.481 e. The van der Waals surface area contributed by atoms with Crippen LogP contribution in [0.2, 0.25) is 0 Å². The van der Waals surface area contributed by atoms with Gasteiger partial charge in [-0.3, -0.25) is 4.79 Å². The largest absolute Gasteiger partial charge is 0.481 e. The van der Waals surface area contributed by atoms with Crippen LogP contribution in [0.1, 0.15) is 33.5 Å². The summed E-state index contributed by atoms with van der Waals surface area (Å²) in [6.07, 6.45) is 0.675. The molecule has 0 aliphatic carbocycles. The molecule has 5 heteroatoms. The summed E-state index contributed by atoms with van der Waals surface area (Å²) < 4.78 is 10.9. The van der Waals surface area contributed by atoms with Crippen LogP contribution in [0.5, 0.6) is 5.75 Å². The smallest absolute Gasteiger partial charge is 0.232 e. The number of carbonyl (C=O) groups excluding carboxylic acids is 1. The van der Waals surface area contributed by atoms with Gasteiger partial charge in [0.25, 0.3) is 0 Å². The summed E-state index contributed by atoms with van der Waals surface area (Å²) in [6.45, 7) is 5.71. The molecule has 0 radical (unpaired) electrons. The second kappa shape index (κ2) is 5.00. The van der Waals surface area contributed by atoms with Crippen molar-refractivity contribution in [2.24, 2.45) is 0 Å². The van der Waals surface area contributed by atoms with E-state index in [1.54, 1.807) is 12.1 Å². The Kier molecular flexibility index (Phi) is 3.41. The van der Waals surface area contributed by atoms with Crippen LogP contribution < -0.4 is 4.74 Å². The van der Waals surface area contributed by atoms with Crippen molar-refractivity contribution in [3.63, 3.8) is 0 Å². The van der Waals surface area contributed by atoms with E-state index in [2.05, 4.69) is 9.97 Å². The Morgan fingerprint density at radius 2 is 2.06 bits per heavy atom. The molecule has 0 N–H and O–H groups in total. The first-order valence-corrected chi connectivity index (χ1v) is 5.58. The van der Waals surface area contributed by atoms with Crippen molar-refractivity contribution in [3.8, 4) is 5.75 Å². The minimum absolute atomic E-state index is 0.181. The molecule has 2 aromatic heterocycles. The maximum atomic E-state index is 10.9. The van der Waals surface area contributed by atoms with Crippen LogP contribution in [0.4, 0.5) is 0 Å². The van der Waals surface area contributed by atoms with E-state index in [-0.39, 0.29) is 12.3 Å². The molecule has 0 aromatic carbocycles. The van der Waals surface area contributed by atoms with Crippen LogP contribution in [0, 0.1) is 20.8 Å². The van der Waals surface area contributed by atoms with Crippen LogP contribution in [0.15, 0.2) is 16.5 Å². The Hall–Kier alpha value is -2.17. The number of hydrogen-bond acceptors (Lipinski definition) is 5. The Morgan fingerprint density at radius 1 is 1.28 bits per heavy atom. The zero-order valence-electron chi connectivity index (χ0n) is 10.6. The number of rotatable bonds is 4. The summed E-state index contributed by atoms with van der Waals surface area (Å²) in [4.78, 5) is 19.1. The minimum atomic E-state index is 0.181. The molecule has 18 heavy (non-hydrogen) atoms. The molecule has 5 nitrogen and oxygen atoms in total. The van der Waals surface area contributed by atoms with Gasteiger partial charge in [0.05, 0.1) is 5.69 Å². The van der Waals surface area contributed by atoms with Crippen LogP contribution in [0.3, 0.4) is 0 Å². The molecule has 0 amide bonds. The average molecular weight is 246 g/mol. The molecule has 0 saturated heterocycles. The van der Waals surface area contributed by atoms with E-state index in [0.29, 0.717) is 17.9 Å². The van der Waals surface area contributed by atoms with Crippen LogP contribution in [0.25, 0.3) is 0 Å². The normalized spacial score (nSPS) is 10.4. The Balaban J connectivity index is 2.12. The van der Waals surface area contributed by atoms with Gasteiger partial charge in [0, 0.05) is 5.69 Å². The zero-order chi connectivity index (χ0) is 13.1. The lowest BCUT2D eigenvalue weighted by Crippen LogP contribution is -2.01. The van der Waals surface area contributed by atoms with Crippen molar-refractivity contribution in [1.29, 1.82) is 0 Å². The van der Waals surface area contributed by atoms with Gasteiger partial charge in [0.1, 0.15) is 17.2 Å². The van der Waals surface area contributed by atoms with E-state index in [1.807, 2.05) is 20.8 Å². The van der Waals surface area contributed by atoms with Crippen LogP contribution in [-0.4, -0.2) is 16.3 Å². The number of aromatic nitrogens is 2. The van der Waals surface area contributed by atoms with E-state index >= 15 is 0 Å². The predicted molar refractivity (Wildman–Crippen MR) is 64.7 cm³/mol. The lowest BCUT2D eigenvalue weighted by molar-refractivity contribution is 0.111. The van der Waals surface area contributed by atoms with Gasteiger partial charge in [-0.1, -0.05) is 0 Å². The highest BCUT2D eigenvalue weighted by Crippen LogP contribution is 2.17. The van der Waals surface area contributed by atoms with Gasteiger partial charge >= 0.3 is 0 Å². The third-order valence-corrected chi connectivity index (χ3v) is 2.56. The van der Waals surface area contributed by atoms with Crippen molar-refractivity contribution < 1.29 is 13.9 Å². The molecular weight excluding hydrogens is 232 g/mol. The Bertz CT molecular complexity index is 556. The summed E-state index contributed by atoms with van der Waals surface area (Å²) in [5.41, 5.74) is 1.90. The number of pyridine rings is 1. The molecule has 2 rings (SSSR count). The molecule has 0 saturated carbocycles. The third-order valence-electron chi connectivity index (χ3n) is 2.56. The molecule has 0 fully saturated rings. The predicted octanol–water partition coefficient (Wildman–Crippen LogP) is 2.39. The van der Waals surface area contributed by atoms with Crippen molar-refractivity contribution in [2.45, 2.75) is 27.4 Å². The van der Waals surface area contributed by atoms with Gasteiger partial charge in [-0.05, 0) is 32.9 Å². The quantitative estimate of drug-likeness (QED) is 0.775. The highest BCUT2D eigenvalue weighted by atomic mass is 16.5. The molecule has 0 atom stereocenters. The maximum Gasteiger partial charge on any atom is 0.232 e. The van der Waals surface area contributed by atoms with Crippen molar-refractivity contribution in [1.82, 2.24) is 9.97 Å². The average Bonchev–Trinajstić information content (AvgIpc) is 2.67. The highest BCUT2D eigenvalue weighted by Gasteiger charge is 2.09. The number of nitrogens with zero attached hydrogens (tertiary/aromatic N) is 2. The molecule has 0 spiro atoms. The Labute approximate surface area is 105 Å². The van der Waals surface area contributed by atoms with Crippen LogP contribution in [-0.2, 0) is 6.61 Å². The van der Waals surface area contributed by atoms with Gasteiger partial charge in [-0.2, -0.15) is 0 Å². The number of oxazole rings is 1. The van der Waals surface area contributed by atoms with Gasteiger partial charge in [0.15, 0.2) is 12.9 Å². The molecule has 0 bridgehead atoms. The lowest BCUT2D eigenvalue weighted by Gasteiger charge is -2.05. The third kappa shape index (κ3) is 2.56. The van der Waals surface area contributed by atoms with E-state index in [1.165, 1.54) is 0 Å². The summed E-state index contributed by atoms with van der Waals surface area (Å²) in [7, 11) is 0. The van der Waals surface area contributed by atoms with Gasteiger partial charge in [-0.15, -0.1) is 0 Å². The SMILES string of the molecule is Cc1ccc(OCc2nc(C)c(C)o2)c(C=O)n1. The summed E-state index contributed by atoms with van der Waals surface area (Å²) in [5, 5.41) is 0. The van der Waals surface area contributed by atoms with Crippen molar-refractivity contribution >= 4 is 6.29 Å². The number of carbonyl (C=O) groups is 1. The molecular formula is C13H14N2O3. The van der Waals surface area contributed by atoms with Gasteiger partial charge in [-0.25, -0.2) is 9.97 Å². The molecule has 0 aliphatic rings. The van der Waals surface area contributed by atoms with Crippen LogP contribution >= 0.6 is 0 Å². The first-order valence-electron chi connectivity index (χ1n) is 5.58. The lowest BCUT2D eigenvalue weighted by atomic mass is 10.3. The summed E-state index contributed by atoms with van der Waals surface area (Å²) >= 11 is 0. The fourth-order valence-electron chi connectivity index (χ4n) is 1.51. The first kappa shape index (κ1) is 12.3. The fourth-order valence-corrected chi connectivity index (χ4v) is 1.51. The van der Waals surface area contributed by atoms with E-state index in [4.69, 9.17) is 9.15 Å². The number of ether oxygens (including phenoxy) is 1. The first-order chi connectivity index (χ1) is 8.60. The van der Waals surface area contributed by atoms with Gasteiger partial charge in [0.2, 0.25) is 5.89 Å². The van der Waals surface area contributed by atoms with Crippen molar-refractivity contribution in [2.75, 3.05) is 0 Å². The zero-order valence-corrected chi connectivity index (χ0v) is 10.6. The topological polar surface area (TPSA) is 65.2 Å².